The first-order valence-corrected chi connectivity index (χ1v) is 7.59. The van der Waals surface area contributed by atoms with Crippen LogP contribution in [0.4, 0.5) is 0 Å². The summed E-state index contributed by atoms with van der Waals surface area (Å²) >= 11 is 0. The molecule has 2 rings (SSSR count). The Labute approximate surface area is 127 Å². The summed E-state index contributed by atoms with van der Waals surface area (Å²) < 4.78 is 0. The molecular weight excluding hydrogens is 262 g/mol. The van der Waals surface area contributed by atoms with Gasteiger partial charge in [-0.25, -0.2) is 0 Å². The number of hydrogen-bond donors (Lipinski definition) is 1. The van der Waals surface area contributed by atoms with Gasteiger partial charge in [0.1, 0.15) is 0 Å². The molecule has 0 amide bonds. The first-order chi connectivity index (χ1) is 9.98. The number of benzene rings is 1. The maximum absolute atomic E-state index is 9.87. The first-order valence-electron chi connectivity index (χ1n) is 7.59. The van der Waals surface area contributed by atoms with E-state index < -0.39 is 5.60 Å². The van der Waals surface area contributed by atoms with Crippen LogP contribution in [0.25, 0.3) is 0 Å². The third-order valence-corrected chi connectivity index (χ3v) is 3.87. The minimum Gasteiger partial charge on any atom is -0.389 e. The summed E-state index contributed by atoms with van der Waals surface area (Å²) in [6.07, 6.45) is 0. The fourth-order valence-electron chi connectivity index (χ4n) is 2.84. The highest BCUT2D eigenvalue weighted by atomic mass is 16.3. The smallest absolute Gasteiger partial charge is 0.0839 e. The Morgan fingerprint density at radius 3 is 2.24 bits per heavy atom. The molecule has 1 aromatic rings. The van der Waals surface area contributed by atoms with E-state index in [0.717, 1.165) is 38.3 Å². The van der Waals surface area contributed by atoms with Crippen LogP contribution in [-0.2, 0) is 0 Å². The number of nitriles is 1. The van der Waals surface area contributed by atoms with Gasteiger partial charge in [0.05, 0.1) is 17.6 Å². The number of β-amino-alcohol motifs (C(OH)–C–C–N with tert-alkyl or cyclic N) is 1. The second-order valence-corrected chi connectivity index (χ2v) is 6.48. The lowest BCUT2D eigenvalue weighted by Gasteiger charge is -2.37. The molecule has 1 aliphatic rings. The lowest BCUT2D eigenvalue weighted by molar-refractivity contribution is 0.0175. The highest BCUT2D eigenvalue weighted by Gasteiger charge is 2.24. The fraction of sp³-hybridized carbons (Fsp3) is 0.588. The van der Waals surface area contributed by atoms with Crippen LogP contribution in [0.2, 0.25) is 0 Å². The number of hydrogen-bond acceptors (Lipinski definition) is 4. The number of aliphatic hydroxyl groups is 1. The molecule has 21 heavy (non-hydrogen) atoms. The summed E-state index contributed by atoms with van der Waals surface area (Å²) in [6, 6.07) is 12.4. The molecule has 1 atom stereocenters. The molecule has 1 saturated heterocycles. The van der Waals surface area contributed by atoms with E-state index >= 15 is 0 Å². The highest BCUT2D eigenvalue weighted by Crippen LogP contribution is 2.17. The third kappa shape index (κ3) is 5.13. The van der Waals surface area contributed by atoms with Crippen molar-refractivity contribution in [3.05, 3.63) is 35.9 Å². The molecule has 0 spiro atoms. The van der Waals surface area contributed by atoms with E-state index in [1.54, 1.807) is 0 Å². The Morgan fingerprint density at radius 2 is 1.71 bits per heavy atom. The average molecular weight is 287 g/mol. The molecular formula is C17H25N3O. The second kappa shape index (κ2) is 7.04. The molecule has 1 fully saturated rings. The number of rotatable bonds is 5. The minimum atomic E-state index is -0.638. The van der Waals surface area contributed by atoms with Crippen LogP contribution >= 0.6 is 0 Å². The van der Waals surface area contributed by atoms with Crippen molar-refractivity contribution in [3.63, 3.8) is 0 Å². The molecule has 1 unspecified atom stereocenters. The predicted octanol–water partition coefficient (Wildman–Crippen LogP) is 1.68. The summed E-state index contributed by atoms with van der Waals surface area (Å²) in [4.78, 5) is 4.64. The molecule has 1 aromatic carbocycles. The van der Waals surface area contributed by atoms with Crippen LogP contribution in [-0.4, -0.2) is 59.8 Å². The summed E-state index contributed by atoms with van der Waals surface area (Å²) in [5.41, 5.74) is 0.459. The van der Waals surface area contributed by atoms with E-state index in [0.29, 0.717) is 6.54 Å². The molecule has 0 aliphatic carbocycles. The average Bonchev–Trinajstić information content (AvgIpc) is 2.46. The molecule has 1 aliphatic heterocycles. The van der Waals surface area contributed by atoms with Crippen LogP contribution in [0.15, 0.2) is 30.3 Å². The van der Waals surface area contributed by atoms with Crippen LogP contribution in [0, 0.1) is 11.3 Å². The van der Waals surface area contributed by atoms with Gasteiger partial charge in [-0.1, -0.05) is 30.3 Å². The Balaban J connectivity index is 1.84. The Bertz CT molecular complexity index is 467. The standard InChI is InChI=1S/C17H25N3O/c1-17(2,21)14-20-10-8-19(9-11-20)13-16(12-18)15-6-4-3-5-7-15/h3-7,16,21H,8-11,13-14H2,1-2H3. The zero-order valence-electron chi connectivity index (χ0n) is 13.0. The Kier molecular flexibility index (Phi) is 5.35. The van der Waals surface area contributed by atoms with Gasteiger partial charge < -0.3 is 5.11 Å². The molecule has 0 aromatic heterocycles. The monoisotopic (exact) mass is 287 g/mol. The quantitative estimate of drug-likeness (QED) is 0.895. The van der Waals surface area contributed by atoms with Crippen LogP contribution in [0.1, 0.15) is 25.3 Å². The topological polar surface area (TPSA) is 50.5 Å². The third-order valence-electron chi connectivity index (χ3n) is 3.87. The van der Waals surface area contributed by atoms with Gasteiger partial charge in [-0.05, 0) is 19.4 Å². The highest BCUT2D eigenvalue weighted by molar-refractivity contribution is 5.25. The zero-order valence-corrected chi connectivity index (χ0v) is 13.0. The van der Waals surface area contributed by atoms with Gasteiger partial charge in [-0.2, -0.15) is 5.26 Å². The molecule has 4 nitrogen and oxygen atoms in total. The van der Waals surface area contributed by atoms with E-state index in [4.69, 9.17) is 0 Å². The molecule has 0 radical (unpaired) electrons. The fourth-order valence-corrected chi connectivity index (χ4v) is 2.84. The summed E-state index contributed by atoms with van der Waals surface area (Å²) in [6.45, 7) is 9.02. The summed E-state index contributed by atoms with van der Waals surface area (Å²) in [5.74, 6) is -0.0629. The second-order valence-electron chi connectivity index (χ2n) is 6.48. The van der Waals surface area contributed by atoms with Crippen molar-refractivity contribution in [2.75, 3.05) is 39.3 Å². The van der Waals surface area contributed by atoms with Gasteiger partial charge in [-0.15, -0.1) is 0 Å². The van der Waals surface area contributed by atoms with E-state index in [1.807, 2.05) is 44.2 Å². The van der Waals surface area contributed by atoms with Crippen LogP contribution in [0.3, 0.4) is 0 Å². The van der Waals surface area contributed by atoms with Crippen molar-refractivity contribution in [1.29, 1.82) is 5.26 Å². The van der Waals surface area contributed by atoms with E-state index in [1.165, 1.54) is 0 Å². The molecule has 1 heterocycles. The van der Waals surface area contributed by atoms with E-state index in [9.17, 15) is 10.4 Å². The minimum absolute atomic E-state index is 0.0629. The van der Waals surface area contributed by atoms with Crippen molar-refractivity contribution in [1.82, 2.24) is 9.80 Å². The SMILES string of the molecule is CC(C)(O)CN1CCN(CC(C#N)c2ccccc2)CC1. The number of nitrogens with zero attached hydrogens (tertiary/aromatic N) is 3. The molecule has 1 N–H and O–H groups in total. The molecule has 114 valence electrons. The van der Waals surface area contributed by atoms with E-state index in [-0.39, 0.29) is 5.92 Å². The molecule has 0 bridgehead atoms. The maximum Gasteiger partial charge on any atom is 0.0839 e. The van der Waals surface area contributed by atoms with Crippen molar-refractivity contribution >= 4 is 0 Å². The van der Waals surface area contributed by atoms with Gasteiger partial charge in [0.25, 0.3) is 0 Å². The Morgan fingerprint density at radius 1 is 1.14 bits per heavy atom. The van der Waals surface area contributed by atoms with Crippen molar-refractivity contribution < 1.29 is 5.11 Å². The lowest BCUT2D eigenvalue weighted by atomic mass is 10.00. The lowest BCUT2D eigenvalue weighted by Crippen LogP contribution is -2.51. The van der Waals surface area contributed by atoms with Crippen LogP contribution < -0.4 is 0 Å². The summed E-state index contributed by atoms with van der Waals surface area (Å²) in [5, 5.41) is 19.3. The summed E-state index contributed by atoms with van der Waals surface area (Å²) in [7, 11) is 0. The largest absolute Gasteiger partial charge is 0.389 e. The van der Waals surface area contributed by atoms with Gasteiger partial charge in [0.2, 0.25) is 0 Å². The Hall–Kier alpha value is -1.41. The van der Waals surface area contributed by atoms with Gasteiger partial charge in [0, 0.05) is 39.3 Å². The zero-order chi connectivity index (χ0) is 15.3. The van der Waals surface area contributed by atoms with Crippen LogP contribution in [0.5, 0.6) is 0 Å². The van der Waals surface area contributed by atoms with E-state index in [2.05, 4.69) is 15.9 Å². The van der Waals surface area contributed by atoms with Gasteiger partial charge >= 0.3 is 0 Å². The molecule has 0 saturated carbocycles. The van der Waals surface area contributed by atoms with Gasteiger partial charge in [0.15, 0.2) is 0 Å². The number of piperazine rings is 1. The maximum atomic E-state index is 9.87. The normalized spacial score (nSPS) is 19.1. The van der Waals surface area contributed by atoms with Crippen molar-refractivity contribution in [2.24, 2.45) is 0 Å². The van der Waals surface area contributed by atoms with Crippen molar-refractivity contribution in [3.8, 4) is 6.07 Å². The van der Waals surface area contributed by atoms with Gasteiger partial charge in [-0.3, -0.25) is 9.80 Å². The predicted molar refractivity (Wildman–Crippen MR) is 84.0 cm³/mol. The molecule has 4 heteroatoms. The first kappa shape index (κ1) is 16.0. The van der Waals surface area contributed by atoms with Crippen molar-refractivity contribution in [2.45, 2.75) is 25.4 Å².